The molecule has 0 bridgehead atoms. The second kappa shape index (κ2) is 16.3. The van der Waals surface area contributed by atoms with E-state index in [4.69, 9.17) is 37.5 Å². The molecule has 2 N–H and O–H groups in total. The SMILES string of the molecule is CCOC(=O)[C@H](Cc1ccc(NC(=O)c2c(Cl)cccc2Cl)cc1)NC(=O)C(=NOC)c1ccc(OCc2ccccc2)cc1. The minimum Gasteiger partial charge on any atom is -0.489 e. The van der Waals surface area contributed by atoms with Gasteiger partial charge in [0.15, 0.2) is 5.71 Å². The minimum atomic E-state index is -1.03. The molecule has 0 radical (unpaired) electrons. The number of ether oxygens (including phenoxy) is 2. The van der Waals surface area contributed by atoms with Crippen molar-refractivity contribution in [2.45, 2.75) is 26.0 Å². The molecule has 0 aliphatic heterocycles. The number of nitrogens with one attached hydrogen (secondary N) is 2. The lowest BCUT2D eigenvalue weighted by Crippen LogP contribution is -2.46. The number of nitrogens with zero attached hydrogens (tertiary/aromatic N) is 1. The van der Waals surface area contributed by atoms with Crippen LogP contribution in [0.2, 0.25) is 10.0 Å². The first-order valence-corrected chi connectivity index (χ1v) is 14.7. The van der Waals surface area contributed by atoms with E-state index in [0.29, 0.717) is 29.2 Å². The molecule has 11 heteroatoms. The Balaban J connectivity index is 1.43. The molecule has 45 heavy (non-hydrogen) atoms. The fourth-order valence-corrected chi connectivity index (χ4v) is 4.87. The van der Waals surface area contributed by atoms with Gasteiger partial charge < -0.3 is 24.9 Å². The number of rotatable bonds is 13. The molecule has 0 saturated heterocycles. The Morgan fingerprint density at radius 1 is 0.822 bits per heavy atom. The fourth-order valence-electron chi connectivity index (χ4n) is 4.30. The zero-order valence-corrected chi connectivity index (χ0v) is 26.1. The molecule has 0 unspecified atom stereocenters. The lowest BCUT2D eigenvalue weighted by atomic mass is 10.0. The summed E-state index contributed by atoms with van der Waals surface area (Å²) in [6.07, 6.45) is 0.113. The smallest absolute Gasteiger partial charge is 0.328 e. The van der Waals surface area contributed by atoms with Gasteiger partial charge in [0.25, 0.3) is 11.8 Å². The van der Waals surface area contributed by atoms with Gasteiger partial charge in [-0.25, -0.2) is 4.79 Å². The number of carbonyl (C=O) groups excluding carboxylic acids is 3. The molecule has 0 saturated carbocycles. The predicted molar refractivity (Wildman–Crippen MR) is 174 cm³/mol. The van der Waals surface area contributed by atoms with E-state index in [9.17, 15) is 14.4 Å². The third-order valence-electron chi connectivity index (χ3n) is 6.49. The minimum absolute atomic E-state index is 0.0299. The van der Waals surface area contributed by atoms with Crippen molar-refractivity contribution in [3.05, 3.63) is 129 Å². The van der Waals surface area contributed by atoms with Crippen LogP contribution in [0, 0.1) is 0 Å². The van der Waals surface area contributed by atoms with Gasteiger partial charge in [-0.3, -0.25) is 9.59 Å². The van der Waals surface area contributed by atoms with Gasteiger partial charge in [-0.1, -0.05) is 76.9 Å². The van der Waals surface area contributed by atoms with Crippen LogP contribution >= 0.6 is 23.2 Å². The molecule has 1 atom stereocenters. The molecule has 0 fully saturated rings. The third-order valence-corrected chi connectivity index (χ3v) is 7.12. The predicted octanol–water partition coefficient (Wildman–Crippen LogP) is 6.47. The van der Waals surface area contributed by atoms with Crippen LogP contribution in [0.5, 0.6) is 5.75 Å². The molecule has 9 nitrogen and oxygen atoms in total. The standard InChI is InChI=1S/C34H31Cl2N3O6/c1-3-44-34(42)29(20-22-12-16-25(17-13-22)37-32(40)30-27(35)10-7-11-28(30)36)38-33(41)31(39-43-2)24-14-18-26(19-15-24)45-21-23-8-5-4-6-9-23/h4-19,29H,3,20-21H2,1-2H3,(H,37,40)(H,38,41)/t29-/m0/s1. The fraction of sp³-hybridized carbons (Fsp3) is 0.176. The summed E-state index contributed by atoms with van der Waals surface area (Å²) in [5.41, 5.74) is 2.81. The largest absolute Gasteiger partial charge is 0.489 e. The van der Waals surface area contributed by atoms with Crippen molar-refractivity contribution >= 4 is 52.4 Å². The number of esters is 1. The van der Waals surface area contributed by atoms with Gasteiger partial charge >= 0.3 is 5.97 Å². The highest BCUT2D eigenvalue weighted by Crippen LogP contribution is 2.25. The molecule has 0 aliphatic rings. The average molecular weight is 649 g/mol. The maximum absolute atomic E-state index is 13.4. The Bertz CT molecular complexity index is 1630. The number of anilines is 1. The van der Waals surface area contributed by atoms with Crippen LogP contribution in [0.4, 0.5) is 5.69 Å². The van der Waals surface area contributed by atoms with Crippen LogP contribution in [0.15, 0.2) is 102 Å². The first-order valence-electron chi connectivity index (χ1n) is 14.0. The average Bonchev–Trinajstić information content (AvgIpc) is 3.04. The maximum Gasteiger partial charge on any atom is 0.328 e. The second-order valence-electron chi connectivity index (χ2n) is 9.65. The number of oxime groups is 1. The van der Waals surface area contributed by atoms with Crippen molar-refractivity contribution in [1.29, 1.82) is 0 Å². The lowest BCUT2D eigenvalue weighted by Gasteiger charge is -2.18. The Morgan fingerprint density at radius 3 is 2.11 bits per heavy atom. The quantitative estimate of drug-likeness (QED) is 0.0977. The summed E-state index contributed by atoms with van der Waals surface area (Å²) < 4.78 is 11.1. The van der Waals surface area contributed by atoms with Gasteiger partial charge in [0.2, 0.25) is 0 Å². The first kappa shape index (κ1) is 33.0. The molecule has 0 spiro atoms. The van der Waals surface area contributed by atoms with Crippen molar-refractivity contribution in [1.82, 2.24) is 5.32 Å². The molecular formula is C34H31Cl2N3O6. The van der Waals surface area contributed by atoms with Gasteiger partial charge in [-0.2, -0.15) is 0 Å². The van der Waals surface area contributed by atoms with Gasteiger partial charge in [-0.05, 0) is 66.6 Å². The van der Waals surface area contributed by atoms with Crippen molar-refractivity contribution in [3.63, 3.8) is 0 Å². The van der Waals surface area contributed by atoms with E-state index in [-0.39, 0.29) is 34.3 Å². The summed E-state index contributed by atoms with van der Waals surface area (Å²) in [7, 11) is 1.33. The lowest BCUT2D eigenvalue weighted by molar-refractivity contribution is -0.146. The van der Waals surface area contributed by atoms with E-state index >= 15 is 0 Å². The normalized spacial score (nSPS) is 11.7. The highest BCUT2D eigenvalue weighted by molar-refractivity contribution is 6.45. The topological polar surface area (TPSA) is 115 Å². The van der Waals surface area contributed by atoms with Crippen molar-refractivity contribution in [2.24, 2.45) is 5.16 Å². The molecule has 4 rings (SSSR count). The first-order chi connectivity index (χ1) is 21.8. The molecular weight excluding hydrogens is 617 g/mol. The zero-order chi connectivity index (χ0) is 32.2. The third kappa shape index (κ3) is 9.31. The second-order valence-corrected chi connectivity index (χ2v) is 10.5. The molecule has 232 valence electrons. The molecule has 4 aromatic rings. The number of hydrogen-bond acceptors (Lipinski definition) is 7. The van der Waals surface area contributed by atoms with Crippen LogP contribution in [0.3, 0.4) is 0 Å². The summed E-state index contributed by atoms with van der Waals surface area (Å²) in [6, 6.07) is 27.1. The van der Waals surface area contributed by atoms with Crippen molar-refractivity contribution in [2.75, 3.05) is 19.0 Å². The molecule has 2 amide bonds. The number of halogens is 2. The summed E-state index contributed by atoms with van der Waals surface area (Å²) in [5.74, 6) is -1.10. The van der Waals surface area contributed by atoms with E-state index in [1.807, 2.05) is 30.3 Å². The Labute approximate surface area is 271 Å². The van der Waals surface area contributed by atoms with Crippen LogP contribution in [-0.4, -0.2) is 43.3 Å². The summed E-state index contributed by atoms with van der Waals surface area (Å²) in [5, 5.41) is 9.85. The van der Waals surface area contributed by atoms with E-state index in [1.54, 1.807) is 73.7 Å². The Kier molecular flexibility index (Phi) is 12.0. The van der Waals surface area contributed by atoms with Gasteiger partial charge in [-0.15, -0.1) is 0 Å². The van der Waals surface area contributed by atoms with Crippen LogP contribution in [0.25, 0.3) is 0 Å². The molecule has 4 aromatic carbocycles. The van der Waals surface area contributed by atoms with E-state index in [1.165, 1.54) is 7.11 Å². The number of benzene rings is 4. The van der Waals surface area contributed by atoms with E-state index in [2.05, 4.69) is 15.8 Å². The highest BCUT2D eigenvalue weighted by atomic mass is 35.5. The maximum atomic E-state index is 13.4. The summed E-state index contributed by atoms with van der Waals surface area (Å²) in [6.45, 7) is 2.20. The van der Waals surface area contributed by atoms with E-state index in [0.717, 1.165) is 5.56 Å². The van der Waals surface area contributed by atoms with Crippen molar-refractivity contribution in [3.8, 4) is 5.75 Å². The van der Waals surface area contributed by atoms with Crippen LogP contribution in [-0.2, 0) is 32.2 Å². The summed E-state index contributed by atoms with van der Waals surface area (Å²) >= 11 is 12.3. The number of amides is 2. The molecule has 0 aliphatic carbocycles. The highest BCUT2D eigenvalue weighted by Gasteiger charge is 2.26. The monoisotopic (exact) mass is 647 g/mol. The van der Waals surface area contributed by atoms with Gasteiger partial charge in [0, 0.05) is 17.7 Å². The summed E-state index contributed by atoms with van der Waals surface area (Å²) in [4.78, 5) is 43.9. The Hall–Kier alpha value is -4.86. The molecule has 0 aromatic heterocycles. The zero-order valence-electron chi connectivity index (χ0n) is 24.6. The number of carbonyl (C=O) groups is 3. The van der Waals surface area contributed by atoms with Gasteiger partial charge in [0.05, 0.1) is 22.2 Å². The van der Waals surface area contributed by atoms with E-state index < -0.39 is 23.8 Å². The van der Waals surface area contributed by atoms with Crippen LogP contribution in [0.1, 0.15) is 34.0 Å². The van der Waals surface area contributed by atoms with Crippen molar-refractivity contribution < 1.29 is 28.7 Å². The number of hydrogen-bond donors (Lipinski definition) is 2. The Morgan fingerprint density at radius 2 is 1.49 bits per heavy atom. The van der Waals surface area contributed by atoms with Gasteiger partial charge in [0.1, 0.15) is 25.5 Å². The van der Waals surface area contributed by atoms with Crippen LogP contribution < -0.4 is 15.4 Å². The molecule has 0 heterocycles.